The number of fused-ring (bicyclic) bond motifs is 1. The van der Waals surface area contributed by atoms with Crippen molar-refractivity contribution in [3.63, 3.8) is 0 Å². The van der Waals surface area contributed by atoms with Gasteiger partial charge >= 0.3 is 0 Å². The second kappa shape index (κ2) is 8.74. The molecular weight excluding hydrogens is 372 g/mol. The summed E-state index contributed by atoms with van der Waals surface area (Å²) in [5.74, 6) is -0.143. The van der Waals surface area contributed by atoms with Gasteiger partial charge in [0.05, 0.1) is 17.8 Å². The lowest BCUT2D eigenvalue weighted by molar-refractivity contribution is -0.120. The van der Waals surface area contributed by atoms with Gasteiger partial charge in [0, 0.05) is 29.3 Å². The van der Waals surface area contributed by atoms with Crippen molar-refractivity contribution < 1.29 is 4.79 Å². The molecule has 1 N–H and O–H groups in total. The van der Waals surface area contributed by atoms with Gasteiger partial charge in [-0.25, -0.2) is 5.43 Å². The Morgan fingerprint density at radius 3 is 2.50 bits per heavy atom. The number of carbonyl (C=O) groups excluding carboxylic acids is 1. The summed E-state index contributed by atoms with van der Waals surface area (Å²) in [4.78, 5) is 16.9. The minimum Gasteiger partial charge on any atom is -0.340 e. The van der Waals surface area contributed by atoms with Crippen LogP contribution in [0.25, 0.3) is 10.9 Å². The Morgan fingerprint density at radius 1 is 1.00 bits per heavy atom. The normalized spacial score (nSPS) is 11.6. The Labute approximate surface area is 176 Å². The third kappa shape index (κ3) is 4.15. The van der Waals surface area contributed by atoms with Crippen LogP contribution < -0.4 is 5.43 Å². The van der Waals surface area contributed by atoms with E-state index >= 15 is 0 Å². The standard InChI is InChI=1S/C25H24N4O/c1-18(23-13-8-9-15-26-23)27-28-25(30)16-22-19(2)29(17-20-10-4-3-5-11-20)24-14-7-6-12-21(22)24/h3-15H,16-17H2,1-2H3,(H,28,30)/b27-18+. The fourth-order valence-electron chi connectivity index (χ4n) is 3.68. The quantitative estimate of drug-likeness (QED) is 0.386. The fourth-order valence-corrected chi connectivity index (χ4v) is 3.68. The van der Waals surface area contributed by atoms with Gasteiger partial charge in [0.25, 0.3) is 0 Å². The van der Waals surface area contributed by atoms with E-state index in [0.717, 1.165) is 34.4 Å². The summed E-state index contributed by atoms with van der Waals surface area (Å²) in [7, 11) is 0. The lowest BCUT2D eigenvalue weighted by atomic mass is 10.1. The molecule has 150 valence electrons. The van der Waals surface area contributed by atoms with Crippen LogP contribution >= 0.6 is 0 Å². The van der Waals surface area contributed by atoms with E-state index in [4.69, 9.17) is 0 Å². The van der Waals surface area contributed by atoms with Crippen molar-refractivity contribution in [1.82, 2.24) is 15.0 Å². The number of rotatable bonds is 6. The van der Waals surface area contributed by atoms with Gasteiger partial charge in [-0.1, -0.05) is 54.6 Å². The molecule has 0 saturated heterocycles. The largest absolute Gasteiger partial charge is 0.340 e. The Bertz CT molecular complexity index is 1190. The Kier molecular flexibility index (Phi) is 5.70. The smallest absolute Gasteiger partial charge is 0.244 e. The van der Waals surface area contributed by atoms with Crippen molar-refractivity contribution in [1.29, 1.82) is 0 Å². The predicted molar refractivity (Wildman–Crippen MR) is 121 cm³/mol. The molecule has 5 heteroatoms. The minimum atomic E-state index is -0.143. The highest BCUT2D eigenvalue weighted by Gasteiger charge is 2.16. The van der Waals surface area contributed by atoms with E-state index in [9.17, 15) is 4.79 Å². The van der Waals surface area contributed by atoms with Gasteiger partial charge < -0.3 is 4.57 Å². The number of pyridine rings is 1. The van der Waals surface area contributed by atoms with Gasteiger partial charge in [-0.3, -0.25) is 9.78 Å². The molecule has 2 aromatic carbocycles. The van der Waals surface area contributed by atoms with Crippen molar-refractivity contribution in [2.75, 3.05) is 0 Å². The maximum Gasteiger partial charge on any atom is 0.244 e. The third-order valence-corrected chi connectivity index (χ3v) is 5.27. The highest BCUT2D eigenvalue weighted by molar-refractivity contribution is 5.98. The van der Waals surface area contributed by atoms with Crippen molar-refractivity contribution in [2.24, 2.45) is 5.10 Å². The predicted octanol–water partition coefficient (Wildman–Crippen LogP) is 4.48. The maximum absolute atomic E-state index is 12.7. The molecule has 0 spiro atoms. The number of nitrogens with one attached hydrogen (secondary N) is 1. The van der Waals surface area contributed by atoms with Crippen molar-refractivity contribution in [2.45, 2.75) is 26.8 Å². The van der Waals surface area contributed by atoms with Gasteiger partial charge in [-0.2, -0.15) is 5.10 Å². The number of amides is 1. The molecule has 0 fully saturated rings. The molecule has 0 atom stereocenters. The Morgan fingerprint density at radius 2 is 1.73 bits per heavy atom. The molecule has 5 nitrogen and oxygen atoms in total. The lowest BCUT2D eigenvalue weighted by Gasteiger charge is -2.09. The maximum atomic E-state index is 12.7. The summed E-state index contributed by atoms with van der Waals surface area (Å²) in [6.45, 7) is 4.68. The van der Waals surface area contributed by atoms with E-state index in [1.54, 1.807) is 6.20 Å². The third-order valence-electron chi connectivity index (χ3n) is 5.27. The van der Waals surface area contributed by atoms with Crippen LogP contribution in [0, 0.1) is 6.92 Å². The molecule has 0 aliphatic heterocycles. The number of hydrogen-bond acceptors (Lipinski definition) is 3. The molecule has 30 heavy (non-hydrogen) atoms. The highest BCUT2D eigenvalue weighted by atomic mass is 16.2. The topological polar surface area (TPSA) is 59.3 Å². The number of benzene rings is 2. The van der Waals surface area contributed by atoms with Crippen LogP contribution in [0.4, 0.5) is 0 Å². The Balaban J connectivity index is 1.58. The lowest BCUT2D eigenvalue weighted by Crippen LogP contribution is -2.22. The molecule has 0 radical (unpaired) electrons. The SMILES string of the molecule is C/C(=N\NC(=O)Cc1c(C)n(Cc2ccccc2)c2ccccc12)c1ccccn1. The van der Waals surface area contributed by atoms with Crippen LogP contribution in [0.2, 0.25) is 0 Å². The van der Waals surface area contributed by atoms with Gasteiger partial charge in [0.2, 0.25) is 5.91 Å². The summed E-state index contributed by atoms with van der Waals surface area (Å²) >= 11 is 0. The van der Waals surface area contributed by atoms with Crippen LogP contribution in [-0.4, -0.2) is 21.2 Å². The van der Waals surface area contributed by atoms with Crippen LogP contribution in [0.1, 0.15) is 29.4 Å². The van der Waals surface area contributed by atoms with Crippen molar-refractivity contribution >= 4 is 22.5 Å². The number of carbonyl (C=O) groups is 1. The van der Waals surface area contributed by atoms with Crippen LogP contribution in [0.5, 0.6) is 0 Å². The first-order chi connectivity index (χ1) is 14.6. The Hall–Kier alpha value is -3.73. The average Bonchev–Trinajstić information content (AvgIpc) is 3.05. The molecule has 4 rings (SSSR count). The zero-order chi connectivity index (χ0) is 20.9. The zero-order valence-corrected chi connectivity index (χ0v) is 17.2. The van der Waals surface area contributed by atoms with E-state index in [2.05, 4.69) is 51.3 Å². The fraction of sp³-hybridized carbons (Fsp3) is 0.160. The summed E-state index contributed by atoms with van der Waals surface area (Å²) in [6, 6.07) is 24.2. The first-order valence-corrected chi connectivity index (χ1v) is 9.98. The minimum absolute atomic E-state index is 0.143. The highest BCUT2D eigenvalue weighted by Crippen LogP contribution is 2.27. The van der Waals surface area contributed by atoms with E-state index in [-0.39, 0.29) is 12.3 Å². The van der Waals surface area contributed by atoms with E-state index < -0.39 is 0 Å². The number of nitrogens with zero attached hydrogens (tertiary/aromatic N) is 3. The van der Waals surface area contributed by atoms with Gasteiger partial charge in [-0.05, 0) is 43.2 Å². The number of hydrazone groups is 1. The molecule has 2 aromatic heterocycles. The van der Waals surface area contributed by atoms with Crippen molar-refractivity contribution in [3.05, 3.63) is 102 Å². The van der Waals surface area contributed by atoms with Crippen LogP contribution in [0.15, 0.2) is 84.1 Å². The van der Waals surface area contributed by atoms with Crippen molar-refractivity contribution in [3.8, 4) is 0 Å². The van der Waals surface area contributed by atoms with E-state index in [1.807, 2.05) is 55.5 Å². The molecule has 0 unspecified atom stereocenters. The average molecular weight is 396 g/mol. The van der Waals surface area contributed by atoms with E-state index in [0.29, 0.717) is 5.71 Å². The first-order valence-electron chi connectivity index (χ1n) is 9.98. The number of hydrogen-bond donors (Lipinski definition) is 1. The molecular formula is C25H24N4O. The zero-order valence-electron chi connectivity index (χ0n) is 17.2. The number of aromatic nitrogens is 2. The summed E-state index contributed by atoms with van der Waals surface area (Å²) in [5.41, 5.74) is 8.59. The second-order valence-corrected chi connectivity index (χ2v) is 7.28. The summed E-state index contributed by atoms with van der Waals surface area (Å²) in [6.07, 6.45) is 1.98. The van der Waals surface area contributed by atoms with Gasteiger partial charge in [0.1, 0.15) is 0 Å². The molecule has 2 heterocycles. The molecule has 4 aromatic rings. The van der Waals surface area contributed by atoms with E-state index in [1.165, 1.54) is 5.56 Å². The molecule has 1 amide bonds. The van der Waals surface area contributed by atoms with Gasteiger partial charge in [0.15, 0.2) is 0 Å². The molecule has 0 saturated carbocycles. The van der Waals surface area contributed by atoms with Crippen LogP contribution in [-0.2, 0) is 17.8 Å². The first kappa shape index (κ1) is 19.6. The summed E-state index contributed by atoms with van der Waals surface area (Å²) < 4.78 is 2.27. The monoisotopic (exact) mass is 396 g/mol. The molecule has 0 aliphatic rings. The summed E-state index contributed by atoms with van der Waals surface area (Å²) in [5, 5.41) is 5.33. The van der Waals surface area contributed by atoms with Crippen LogP contribution in [0.3, 0.4) is 0 Å². The number of para-hydroxylation sites is 1. The molecule has 0 bridgehead atoms. The molecule has 0 aliphatic carbocycles. The second-order valence-electron chi connectivity index (χ2n) is 7.28. The van der Waals surface area contributed by atoms with Gasteiger partial charge in [-0.15, -0.1) is 0 Å².